The minimum absolute atomic E-state index is 0.00916. The van der Waals surface area contributed by atoms with Crippen molar-refractivity contribution in [1.82, 2.24) is 9.88 Å². The molecule has 0 N–H and O–H groups in total. The van der Waals surface area contributed by atoms with Crippen LogP contribution in [0.25, 0.3) is 6.08 Å². The first-order valence-electron chi connectivity index (χ1n) is 7.74. The molecular formula is C18H20N2O3S. The lowest BCUT2D eigenvalue weighted by atomic mass is 10.1. The monoisotopic (exact) mass is 344 g/mol. The molecule has 0 bridgehead atoms. The summed E-state index contributed by atoms with van der Waals surface area (Å²) < 4.78 is 10.6. The summed E-state index contributed by atoms with van der Waals surface area (Å²) >= 11 is 1.64. The predicted octanol–water partition coefficient (Wildman–Crippen LogP) is 3.72. The molecule has 24 heavy (non-hydrogen) atoms. The van der Waals surface area contributed by atoms with E-state index in [0.717, 1.165) is 26.9 Å². The quantitative estimate of drug-likeness (QED) is 0.793. The number of benzene rings is 1. The molecule has 1 atom stereocenters. The molecule has 1 aliphatic rings. The van der Waals surface area contributed by atoms with E-state index in [1.165, 1.54) is 0 Å². The average Bonchev–Trinajstić information content (AvgIpc) is 3.16. The Labute approximate surface area is 145 Å². The predicted molar refractivity (Wildman–Crippen MR) is 94.4 cm³/mol. The highest BCUT2D eigenvalue weighted by Crippen LogP contribution is 2.33. The average molecular weight is 344 g/mol. The van der Waals surface area contributed by atoms with Gasteiger partial charge in [-0.05, 0) is 44.5 Å². The smallest absolute Gasteiger partial charge is 0.246 e. The second kappa shape index (κ2) is 6.65. The van der Waals surface area contributed by atoms with Crippen LogP contribution >= 0.6 is 11.3 Å². The van der Waals surface area contributed by atoms with Gasteiger partial charge in [0.15, 0.2) is 11.5 Å². The molecule has 2 aromatic rings. The van der Waals surface area contributed by atoms with Crippen LogP contribution in [0.15, 0.2) is 24.3 Å². The Morgan fingerprint density at radius 3 is 2.79 bits per heavy atom. The largest absolute Gasteiger partial charge is 0.454 e. The number of aryl methyl sites for hydroxylation is 2. The van der Waals surface area contributed by atoms with E-state index in [1.54, 1.807) is 28.4 Å². The van der Waals surface area contributed by atoms with Crippen molar-refractivity contribution in [2.45, 2.75) is 26.8 Å². The molecule has 1 aromatic carbocycles. The maximum Gasteiger partial charge on any atom is 0.246 e. The lowest BCUT2D eigenvalue weighted by Crippen LogP contribution is -2.27. The maximum atomic E-state index is 12.5. The van der Waals surface area contributed by atoms with Gasteiger partial charge < -0.3 is 14.4 Å². The molecule has 1 aromatic heterocycles. The summed E-state index contributed by atoms with van der Waals surface area (Å²) in [6.45, 7) is 6.23. The first-order valence-corrected chi connectivity index (χ1v) is 8.56. The third-order valence-electron chi connectivity index (χ3n) is 4.06. The normalized spacial score (nSPS) is 14.2. The highest BCUT2D eigenvalue weighted by atomic mass is 32.1. The molecule has 0 saturated carbocycles. The molecular weight excluding hydrogens is 324 g/mol. The van der Waals surface area contributed by atoms with Crippen LogP contribution in [0.4, 0.5) is 0 Å². The number of carbonyl (C=O) groups is 1. The molecule has 0 spiro atoms. The molecule has 0 saturated heterocycles. The van der Waals surface area contributed by atoms with Crippen LogP contribution in [-0.2, 0) is 4.79 Å². The number of hydrogen-bond acceptors (Lipinski definition) is 5. The van der Waals surface area contributed by atoms with Crippen LogP contribution in [0, 0.1) is 13.8 Å². The Hall–Kier alpha value is -2.34. The summed E-state index contributed by atoms with van der Waals surface area (Å²) in [7, 11) is 1.81. The van der Waals surface area contributed by atoms with E-state index < -0.39 is 0 Å². The fourth-order valence-corrected chi connectivity index (χ4v) is 3.63. The maximum absolute atomic E-state index is 12.5. The summed E-state index contributed by atoms with van der Waals surface area (Å²) in [5.74, 6) is 1.40. The summed E-state index contributed by atoms with van der Waals surface area (Å²) in [5.41, 5.74) is 1.89. The van der Waals surface area contributed by atoms with Crippen molar-refractivity contribution >= 4 is 23.3 Å². The van der Waals surface area contributed by atoms with Crippen molar-refractivity contribution in [3.05, 3.63) is 45.4 Å². The Morgan fingerprint density at radius 1 is 1.33 bits per heavy atom. The number of nitrogens with zero attached hydrogens (tertiary/aromatic N) is 2. The third-order valence-corrected chi connectivity index (χ3v) is 5.31. The van der Waals surface area contributed by atoms with Crippen molar-refractivity contribution in [1.29, 1.82) is 0 Å². The lowest BCUT2D eigenvalue weighted by molar-refractivity contribution is -0.126. The molecule has 0 aliphatic carbocycles. The molecule has 1 amide bonds. The molecule has 3 rings (SSSR count). The Morgan fingerprint density at radius 2 is 2.08 bits per heavy atom. The first kappa shape index (κ1) is 16.5. The Kier molecular flexibility index (Phi) is 4.57. The first-order chi connectivity index (χ1) is 11.5. The molecule has 2 heterocycles. The minimum Gasteiger partial charge on any atom is -0.454 e. The van der Waals surface area contributed by atoms with Gasteiger partial charge in [-0.2, -0.15) is 0 Å². The van der Waals surface area contributed by atoms with Crippen molar-refractivity contribution in [2.24, 2.45) is 0 Å². The van der Waals surface area contributed by atoms with Gasteiger partial charge in [0.05, 0.1) is 16.7 Å². The van der Waals surface area contributed by atoms with Crippen LogP contribution in [0.2, 0.25) is 0 Å². The van der Waals surface area contributed by atoms with E-state index in [1.807, 2.05) is 46.0 Å². The van der Waals surface area contributed by atoms with Crippen LogP contribution in [0.5, 0.6) is 11.5 Å². The molecule has 126 valence electrons. The van der Waals surface area contributed by atoms with Crippen molar-refractivity contribution < 1.29 is 14.3 Å². The fraction of sp³-hybridized carbons (Fsp3) is 0.333. The number of fused-ring (bicyclic) bond motifs is 1. The topological polar surface area (TPSA) is 51.7 Å². The zero-order chi connectivity index (χ0) is 17.3. The van der Waals surface area contributed by atoms with Crippen LogP contribution in [0.1, 0.15) is 34.1 Å². The number of rotatable bonds is 4. The number of aromatic nitrogens is 1. The van der Waals surface area contributed by atoms with Crippen LogP contribution in [-0.4, -0.2) is 29.6 Å². The summed E-state index contributed by atoms with van der Waals surface area (Å²) in [5, 5.41) is 1.02. The number of ether oxygens (including phenoxy) is 2. The van der Waals surface area contributed by atoms with Gasteiger partial charge >= 0.3 is 0 Å². The van der Waals surface area contributed by atoms with Crippen molar-refractivity contribution in [3.63, 3.8) is 0 Å². The summed E-state index contributed by atoms with van der Waals surface area (Å²) in [6.07, 6.45) is 3.37. The Balaban J connectivity index is 1.70. The van der Waals surface area contributed by atoms with Gasteiger partial charge in [-0.1, -0.05) is 6.07 Å². The standard InChI is InChI=1S/C18H20N2O3S/c1-11-18(24-13(3)19-11)12(2)20(4)17(21)8-6-14-5-7-15-16(9-14)23-10-22-15/h5-9,12H,10H2,1-4H3. The van der Waals surface area contributed by atoms with Gasteiger partial charge in [0, 0.05) is 18.0 Å². The van der Waals surface area contributed by atoms with E-state index in [9.17, 15) is 4.79 Å². The summed E-state index contributed by atoms with van der Waals surface area (Å²) in [6, 6.07) is 5.61. The number of carbonyl (C=O) groups excluding carboxylic acids is 1. The second-order valence-corrected chi connectivity index (χ2v) is 6.99. The minimum atomic E-state index is -0.0504. The van der Waals surface area contributed by atoms with E-state index in [4.69, 9.17) is 9.47 Å². The van der Waals surface area contributed by atoms with E-state index in [0.29, 0.717) is 5.75 Å². The fourth-order valence-electron chi connectivity index (χ4n) is 2.60. The zero-order valence-electron chi connectivity index (χ0n) is 14.2. The number of amides is 1. The van der Waals surface area contributed by atoms with Crippen LogP contribution in [0.3, 0.4) is 0 Å². The number of thiazole rings is 1. The van der Waals surface area contributed by atoms with Gasteiger partial charge in [0.2, 0.25) is 12.7 Å². The van der Waals surface area contributed by atoms with E-state index in [-0.39, 0.29) is 18.7 Å². The number of likely N-dealkylation sites (N-methyl/N-ethyl adjacent to an activating group) is 1. The molecule has 1 unspecified atom stereocenters. The van der Waals surface area contributed by atoms with Crippen LogP contribution < -0.4 is 9.47 Å². The second-order valence-electron chi connectivity index (χ2n) is 5.75. The molecule has 0 fully saturated rings. The van der Waals surface area contributed by atoms with E-state index in [2.05, 4.69) is 4.98 Å². The van der Waals surface area contributed by atoms with Crippen molar-refractivity contribution in [3.8, 4) is 11.5 Å². The van der Waals surface area contributed by atoms with Gasteiger partial charge in [-0.3, -0.25) is 4.79 Å². The highest BCUT2D eigenvalue weighted by molar-refractivity contribution is 7.11. The zero-order valence-corrected chi connectivity index (χ0v) is 15.0. The number of hydrogen-bond donors (Lipinski definition) is 0. The SMILES string of the molecule is Cc1nc(C)c(C(C)N(C)C(=O)C=Cc2ccc3c(c2)OCO3)s1. The summed E-state index contributed by atoms with van der Waals surface area (Å²) in [4.78, 5) is 19.7. The van der Waals surface area contributed by atoms with Gasteiger partial charge in [-0.15, -0.1) is 11.3 Å². The van der Waals surface area contributed by atoms with Gasteiger partial charge in [0.25, 0.3) is 0 Å². The molecule has 5 nitrogen and oxygen atoms in total. The lowest BCUT2D eigenvalue weighted by Gasteiger charge is -2.23. The molecule has 0 radical (unpaired) electrons. The highest BCUT2D eigenvalue weighted by Gasteiger charge is 2.20. The molecule has 6 heteroatoms. The Bertz CT molecular complexity index is 798. The van der Waals surface area contributed by atoms with E-state index >= 15 is 0 Å². The van der Waals surface area contributed by atoms with Gasteiger partial charge in [0.1, 0.15) is 0 Å². The van der Waals surface area contributed by atoms with Crippen molar-refractivity contribution in [2.75, 3.05) is 13.8 Å². The third kappa shape index (κ3) is 3.28. The van der Waals surface area contributed by atoms with Gasteiger partial charge in [-0.25, -0.2) is 4.98 Å². The molecule has 1 aliphatic heterocycles.